The summed E-state index contributed by atoms with van der Waals surface area (Å²) in [5.74, 6) is -0.0395. The SMILES string of the molecule is O=[N+]([O-])c1ccc(S(=O)(=O)O[C@H](COCc2ccccc2)[C@@H]2CCN(Cc3ccccc3)C2)cc1. The Kier molecular flexibility index (Phi) is 8.25. The molecule has 4 rings (SSSR count). The Morgan fingerprint density at radius 1 is 0.943 bits per heavy atom. The molecule has 1 fully saturated rings. The Labute approximate surface area is 205 Å². The third-order valence-electron chi connectivity index (χ3n) is 6.06. The first-order valence-corrected chi connectivity index (χ1v) is 12.9. The highest BCUT2D eigenvalue weighted by Crippen LogP contribution is 2.27. The number of likely N-dealkylation sites (tertiary alicyclic amines) is 1. The van der Waals surface area contributed by atoms with Crippen LogP contribution >= 0.6 is 0 Å². The van der Waals surface area contributed by atoms with Gasteiger partial charge in [0.25, 0.3) is 15.8 Å². The summed E-state index contributed by atoms with van der Waals surface area (Å²) in [6, 6.07) is 24.5. The molecule has 0 radical (unpaired) electrons. The predicted octanol–water partition coefficient (Wildman–Crippen LogP) is 4.41. The average Bonchev–Trinajstić information content (AvgIpc) is 3.33. The zero-order valence-electron chi connectivity index (χ0n) is 19.2. The minimum atomic E-state index is -4.13. The summed E-state index contributed by atoms with van der Waals surface area (Å²) in [6.45, 7) is 2.76. The Morgan fingerprint density at radius 2 is 1.57 bits per heavy atom. The van der Waals surface area contributed by atoms with E-state index in [9.17, 15) is 18.5 Å². The van der Waals surface area contributed by atoms with E-state index in [1.54, 1.807) is 0 Å². The van der Waals surface area contributed by atoms with Crippen molar-refractivity contribution < 1.29 is 22.3 Å². The fourth-order valence-electron chi connectivity index (χ4n) is 4.21. The maximum absolute atomic E-state index is 13.0. The Morgan fingerprint density at radius 3 is 2.20 bits per heavy atom. The quantitative estimate of drug-likeness (QED) is 0.220. The topological polar surface area (TPSA) is 99.0 Å². The zero-order valence-corrected chi connectivity index (χ0v) is 20.0. The number of hydrogen-bond donors (Lipinski definition) is 0. The fraction of sp³-hybridized carbons (Fsp3) is 0.308. The number of non-ortho nitro benzene ring substituents is 1. The van der Waals surface area contributed by atoms with Crippen LogP contribution in [-0.2, 0) is 32.2 Å². The lowest BCUT2D eigenvalue weighted by molar-refractivity contribution is -0.384. The van der Waals surface area contributed by atoms with Crippen LogP contribution in [0.15, 0.2) is 89.8 Å². The molecule has 0 spiro atoms. The number of nitrogens with zero attached hydrogens (tertiary/aromatic N) is 2. The average molecular weight is 497 g/mol. The van der Waals surface area contributed by atoms with Gasteiger partial charge in [-0.1, -0.05) is 60.7 Å². The number of benzene rings is 3. The van der Waals surface area contributed by atoms with E-state index < -0.39 is 21.1 Å². The van der Waals surface area contributed by atoms with E-state index in [0.29, 0.717) is 13.2 Å². The van der Waals surface area contributed by atoms with E-state index in [2.05, 4.69) is 17.0 Å². The number of nitro groups is 1. The molecule has 35 heavy (non-hydrogen) atoms. The number of nitro benzene ring substituents is 1. The highest BCUT2D eigenvalue weighted by Gasteiger charge is 2.34. The van der Waals surface area contributed by atoms with Gasteiger partial charge < -0.3 is 4.74 Å². The summed E-state index contributed by atoms with van der Waals surface area (Å²) in [7, 11) is -4.13. The van der Waals surface area contributed by atoms with Gasteiger partial charge in [0.1, 0.15) is 6.10 Å². The van der Waals surface area contributed by atoms with Crippen LogP contribution in [0.5, 0.6) is 0 Å². The van der Waals surface area contributed by atoms with Gasteiger partial charge in [-0.15, -0.1) is 0 Å². The second-order valence-corrected chi connectivity index (χ2v) is 10.2. The first-order chi connectivity index (χ1) is 16.9. The molecule has 1 saturated heterocycles. The molecule has 2 atom stereocenters. The van der Waals surface area contributed by atoms with Gasteiger partial charge in [0.05, 0.1) is 23.0 Å². The standard InChI is InChI=1S/C26H28N2O6S/c29-28(30)24-11-13-25(14-12-24)35(31,32)34-26(20-33-19-22-9-5-2-6-10-22)23-15-16-27(18-23)17-21-7-3-1-4-8-21/h1-14,23,26H,15-20H2/t23-,26-/m1/s1. The molecule has 0 amide bonds. The van der Waals surface area contributed by atoms with Gasteiger partial charge in [-0.3, -0.25) is 19.2 Å². The van der Waals surface area contributed by atoms with Crippen LogP contribution < -0.4 is 0 Å². The lowest BCUT2D eigenvalue weighted by atomic mass is 10.0. The summed E-state index contributed by atoms with van der Waals surface area (Å²) < 4.78 is 37.6. The molecule has 3 aromatic carbocycles. The Bertz CT molecular complexity index is 1200. The second-order valence-electron chi connectivity index (χ2n) is 8.61. The van der Waals surface area contributed by atoms with Crippen molar-refractivity contribution in [3.05, 3.63) is 106 Å². The molecule has 0 saturated carbocycles. The largest absolute Gasteiger partial charge is 0.374 e. The van der Waals surface area contributed by atoms with E-state index in [-0.39, 0.29) is 23.1 Å². The Balaban J connectivity index is 1.45. The summed E-state index contributed by atoms with van der Waals surface area (Å²) in [5, 5.41) is 10.9. The molecule has 0 unspecified atom stereocenters. The number of rotatable bonds is 11. The Hall–Kier alpha value is -3.11. The minimum absolute atomic E-state index is 0.0395. The van der Waals surface area contributed by atoms with Crippen LogP contribution in [0.4, 0.5) is 5.69 Å². The van der Waals surface area contributed by atoms with Crippen LogP contribution in [0.2, 0.25) is 0 Å². The van der Waals surface area contributed by atoms with E-state index in [0.717, 1.165) is 37.2 Å². The van der Waals surface area contributed by atoms with Gasteiger partial charge in [0.2, 0.25) is 0 Å². The van der Waals surface area contributed by atoms with Crippen LogP contribution in [-0.4, -0.2) is 44.0 Å². The minimum Gasteiger partial charge on any atom is -0.374 e. The third-order valence-corrected chi connectivity index (χ3v) is 7.41. The van der Waals surface area contributed by atoms with Crippen LogP contribution in [0, 0.1) is 16.0 Å². The fourth-order valence-corrected chi connectivity index (χ4v) is 5.33. The molecule has 1 aliphatic heterocycles. The van der Waals surface area contributed by atoms with E-state index >= 15 is 0 Å². The molecule has 0 N–H and O–H groups in total. The van der Waals surface area contributed by atoms with Gasteiger partial charge in [-0.25, -0.2) is 0 Å². The number of hydrogen-bond acceptors (Lipinski definition) is 7. The predicted molar refractivity (Wildman–Crippen MR) is 131 cm³/mol. The molecule has 0 bridgehead atoms. The maximum Gasteiger partial charge on any atom is 0.297 e. The molecule has 9 heteroatoms. The first kappa shape index (κ1) is 25.0. The van der Waals surface area contributed by atoms with Gasteiger partial charge in [-0.2, -0.15) is 8.42 Å². The van der Waals surface area contributed by atoms with Crippen molar-refractivity contribution in [2.75, 3.05) is 19.7 Å². The third kappa shape index (κ3) is 6.95. The van der Waals surface area contributed by atoms with Crippen molar-refractivity contribution in [2.45, 2.75) is 30.6 Å². The highest BCUT2D eigenvalue weighted by molar-refractivity contribution is 7.86. The summed E-state index contributed by atoms with van der Waals surface area (Å²) in [6.07, 6.45) is 0.0989. The zero-order chi connectivity index (χ0) is 24.7. The smallest absolute Gasteiger partial charge is 0.297 e. The van der Waals surface area contributed by atoms with Crippen LogP contribution in [0.1, 0.15) is 17.5 Å². The van der Waals surface area contributed by atoms with Gasteiger partial charge >= 0.3 is 0 Å². The van der Waals surface area contributed by atoms with Crippen molar-refractivity contribution in [2.24, 2.45) is 5.92 Å². The first-order valence-electron chi connectivity index (χ1n) is 11.5. The number of ether oxygens (including phenoxy) is 1. The second kappa shape index (κ2) is 11.5. The van der Waals surface area contributed by atoms with E-state index in [1.165, 1.54) is 17.7 Å². The lowest BCUT2D eigenvalue weighted by Gasteiger charge is -2.24. The van der Waals surface area contributed by atoms with Crippen molar-refractivity contribution in [3.8, 4) is 0 Å². The summed E-state index contributed by atoms with van der Waals surface area (Å²) in [5.41, 5.74) is 2.00. The van der Waals surface area contributed by atoms with Crippen LogP contribution in [0.3, 0.4) is 0 Å². The monoisotopic (exact) mass is 496 g/mol. The molecule has 8 nitrogen and oxygen atoms in total. The molecular formula is C26H28N2O6S. The maximum atomic E-state index is 13.0. The summed E-state index contributed by atoms with van der Waals surface area (Å²) >= 11 is 0. The van der Waals surface area contributed by atoms with Crippen molar-refractivity contribution >= 4 is 15.8 Å². The molecular weight excluding hydrogens is 468 g/mol. The molecule has 184 valence electrons. The molecule has 0 aliphatic carbocycles. The van der Waals surface area contributed by atoms with E-state index in [1.807, 2.05) is 48.5 Å². The normalized spacial score (nSPS) is 17.3. The van der Waals surface area contributed by atoms with Crippen molar-refractivity contribution in [1.82, 2.24) is 4.90 Å². The summed E-state index contributed by atoms with van der Waals surface area (Å²) in [4.78, 5) is 12.5. The van der Waals surface area contributed by atoms with Crippen molar-refractivity contribution in [3.63, 3.8) is 0 Å². The lowest BCUT2D eigenvalue weighted by Crippen LogP contribution is -2.33. The molecule has 1 aliphatic rings. The molecule has 3 aromatic rings. The molecule has 0 aromatic heterocycles. The van der Waals surface area contributed by atoms with Gasteiger partial charge in [-0.05, 0) is 36.2 Å². The van der Waals surface area contributed by atoms with Gasteiger partial charge in [0, 0.05) is 31.1 Å². The van der Waals surface area contributed by atoms with Crippen molar-refractivity contribution in [1.29, 1.82) is 0 Å². The van der Waals surface area contributed by atoms with Crippen LogP contribution in [0.25, 0.3) is 0 Å². The van der Waals surface area contributed by atoms with E-state index in [4.69, 9.17) is 8.92 Å². The molecule has 1 heterocycles. The van der Waals surface area contributed by atoms with Gasteiger partial charge in [0.15, 0.2) is 0 Å². The highest BCUT2D eigenvalue weighted by atomic mass is 32.2.